The Morgan fingerprint density at radius 2 is 1.78 bits per heavy atom. The fourth-order valence-electron chi connectivity index (χ4n) is 3.90. The van der Waals surface area contributed by atoms with Crippen LogP contribution in [-0.2, 0) is 24.2 Å². The standard InChI is InChI=1S/C26H31N3O3/c1-16(2)13-24-22(15-28-26(31)32)25(20-8-5-17(3)6-9-20)21-14-19(7-10-23(21)29-24)11-12-27-18(4)30/h5-10,14,16,28H,11-13,15H2,1-4H3,(H,27,30)(H,31,32). The lowest BCUT2D eigenvalue weighted by Crippen LogP contribution is -2.22. The smallest absolute Gasteiger partial charge is 0.404 e. The summed E-state index contributed by atoms with van der Waals surface area (Å²) in [6.07, 6.45) is 0.411. The van der Waals surface area contributed by atoms with E-state index in [-0.39, 0.29) is 12.5 Å². The van der Waals surface area contributed by atoms with Crippen molar-refractivity contribution in [1.29, 1.82) is 0 Å². The number of carbonyl (C=O) groups excluding carboxylic acids is 1. The highest BCUT2D eigenvalue weighted by molar-refractivity contribution is 5.97. The summed E-state index contributed by atoms with van der Waals surface area (Å²) in [5, 5.41) is 15.7. The summed E-state index contributed by atoms with van der Waals surface area (Å²) in [6.45, 7) is 8.59. The Bertz CT molecular complexity index is 1120. The monoisotopic (exact) mass is 433 g/mol. The number of hydrogen-bond donors (Lipinski definition) is 3. The van der Waals surface area contributed by atoms with E-state index in [9.17, 15) is 14.7 Å². The van der Waals surface area contributed by atoms with Crippen LogP contribution in [0.3, 0.4) is 0 Å². The third-order valence-electron chi connectivity index (χ3n) is 5.38. The molecule has 3 N–H and O–H groups in total. The number of nitrogens with zero attached hydrogens (tertiary/aromatic N) is 1. The lowest BCUT2D eigenvalue weighted by atomic mass is 9.90. The molecule has 0 unspecified atom stereocenters. The Kier molecular flexibility index (Phi) is 7.46. The number of hydrogen-bond acceptors (Lipinski definition) is 3. The molecular weight excluding hydrogens is 402 g/mol. The molecule has 2 amide bonds. The summed E-state index contributed by atoms with van der Waals surface area (Å²) in [4.78, 5) is 27.5. The molecule has 0 fully saturated rings. The quantitative estimate of drug-likeness (QED) is 0.473. The Morgan fingerprint density at radius 1 is 1.06 bits per heavy atom. The maximum Gasteiger partial charge on any atom is 0.404 e. The second kappa shape index (κ2) is 10.3. The van der Waals surface area contributed by atoms with Gasteiger partial charge in [0.1, 0.15) is 0 Å². The minimum atomic E-state index is -1.06. The molecule has 1 aromatic heterocycles. The van der Waals surface area contributed by atoms with Gasteiger partial charge in [-0.25, -0.2) is 4.79 Å². The van der Waals surface area contributed by atoms with Gasteiger partial charge in [0.2, 0.25) is 5.91 Å². The van der Waals surface area contributed by atoms with Crippen molar-refractivity contribution in [2.24, 2.45) is 5.92 Å². The van der Waals surface area contributed by atoms with Crippen molar-refractivity contribution in [2.75, 3.05) is 6.54 Å². The van der Waals surface area contributed by atoms with Crippen LogP contribution < -0.4 is 10.6 Å². The predicted octanol–water partition coefficient (Wildman–Crippen LogP) is 4.85. The summed E-state index contributed by atoms with van der Waals surface area (Å²) in [6, 6.07) is 14.5. The van der Waals surface area contributed by atoms with E-state index in [1.54, 1.807) is 0 Å². The maximum atomic E-state index is 11.3. The van der Waals surface area contributed by atoms with Gasteiger partial charge < -0.3 is 15.7 Å². The fraction of sp³-hybridized carbons (Fsp3) is 0.346. The molecule has 2 aromatic carbocycles. The highest BCUT2D eigenvalue weighted by Gasteiger charge is 2.18. The van der Waals surface area contributed by atoms with Gasteiger partial charge in [-0.3, -0.25) is 9.78 Å². The van der Waals surface area contributed by atoms with E-state index in [2.05, 4.69) is 54.8 Å². The molecule has 1 heterocycles. The van der Waals surface area contributed by atoms with Gasteiger partial charge in [0, 0.05) is 36.7 Å². The van der Waals surface area contributed by atoms with Crippen LogP contribution in [0, 0.1) is 12.8 Å². The SMILES string of the molecule is CC(=O)NCCc1ccc2nc(CC(C)C)c(CNC(=O)O)c(-c3ccc(C)cc3)c2c1. The Morgan fingerprint density at radius 3 is 2.41 bits per heavy atom. The molecule has 32 heavy (non-hydrogen) atoms. The number of carbonyl (C=O) groups is 2. The highest BCUT2D eigenvalue weighted by Crippen LogP contribution is 2.35. The van der Waals surface area contributed by atoms with Crippen molar-refractivity contribution in [3.63, 3.8) is 0 Å². The highest BCUT2D eigenvalue weighted by atomic mass is 16.4. The molecule has 0 bridgehead atoms. The molecule has 0 spiro atoms. The van der Waals surface area contributed by atoms with E-state index in [4.69, 9.17) is 4.98 Å². The number of rotatable bonds is 8. The first kappa shape index (κ1) is 23.3. The number of aromatic nitrogens is 1. The molecule has 0 saturated carbocycles. The van der Waals surface area contributed by atoms with E-state index < -0.39 is 6.09 Å². The lowest BCUT2D eigenvalue weighted by Gasteiger charge is -2.19. The second-order valence-electron chi connectivity index (χ2n) is 8.62. The first-order valence-corrected chi connectivity index (χ1v) is 11.0. The van der Waals surface area contributed by atoms with Crippen molar-refractivity contribution in [3.05, 3.63) is 64.8 Å². The number of pyridine rings is 1. The van der Waals surface area contributed by atoms with Crippen molar-refractivity contribution in [2.45, 2.75) is 47.1 Å². The lowest BCUT2D eigenvalue weighted by molar-refractivity contribution is -0.118. The van der Waals surface area contributed by atoms with Gasteiger partial charge >= 0.3 is 6.09 Å². The van der Waals surface area contributed by atoms with Crippen LogP contribution in [0.15, 0.2) is 42.5 Å². The number of nitrogens with one attached hydrogen (secondary N) is 2. The zero-order chi connectivity index (χ0) is 23.3. The fourth-order valence-corrected chi connectivity index (χ4v) is 3.90. The van der Waals surface area contributed by atoms with E-state index in [1.165, 1.54) is 6.92 Å². The summed E-state index contributed by atoms with van der Waals surface area (Å²) in [5.74, 6) is 0.333. The first-order chi connectivity index (χ1) is 15.2. The van der Waals surface area contributed by atoms with E-state index in [0.717, 1.165) is 50.8 Å². The zero-order valence-corrected chi connectivity index (χ0v) is 19.2. The van der Waals surface area contributed by atoms with Crippen molar-refractivity contribution >= 4 is 22.9 Å². The van der Waals surface area contributed by atoms with Gasteiger partial charge in [-0.2, -0.15) is 0 Å². The van der Waals surface area contributed by atoms with Gasteiger partial charge in [-0.15, -0.1) is 0 Å². The van der Waals surface area contributed by atoms with Crippen LogP contribution in [0.4, 0.5) is 4.79 Å². The van der Waals surface area contributed by atoms with Crippen molar-refractivity contribution in [3.8, 4) is 11.1 Å². The molecule has 3 rings (SSSR count). The molecule has 0 aliphatic heterocycles. The molecule has 0 aliphatic carbocycles. The zero-order valence-electron chi connectivity index (χ0n) is 19.2. The molecule has 0 aliphatic rings. The van der Waals surface area contributed by atoms with Gasteiger partial charge in [0.15, 0.2) is 0 Å². The summed E-state index contributed by atoms with van der Waals surface area (Å²) < 4.78 is 0. The molecule has 6 nitrogen and oxygen atoms in total. The number of carboxylic acid groups (broad SMARTS) is 1. The van der Waals surface area contributed by atoms with Crippen molar-refractivity contribution in [1.82, 2.24) is 15.6 Å². The second-order valence-corrected chi connectivity index (χ2v) is 8.62. The normalized spacial score (nSPS) is 11.0. The van der Waals surface area contributed by atoms with E-state index in [1.807, 2.05) is 19.1 Å². The topological polar surface area (TPSA) is 91.3 Å². The molecule has 0 atom stereocenters. The van der Waals surface area contributed by atoms with Crippen LogP contribution >= 0.6 is 0 Å². The minimum Gasteiger partial charge on any atom is -0.465 e. The van der Waals surface area contributed by atoms with Crippen LogP contribution in [0.5, 0.6) is 0 Å². The Labute approximate surface area is 189 Å². The van der Waals surface area contributed by atoms with Crippen LogP contribution in [0.1, 0.15) is 43.2 Å². The predicted molar refractivity (Wildman–Crippen MR) is 128 cm³/mol. The summed E-state index contributed by atoms with van der Waals surface area (Å²) >= 11 is 0. The average Bonchev–Trinajstić information content (AvgIpc) is 2.72. The third-order valence-corrected chi connectivity index (χ3v) is 5.38. The number of amides is 2. The molecular formula is C26H31N3O3. The maximum absolute atomic E-state index is 11.3. The minimum absolute atomic E-state index is 0.0480. The van der Waals surface area contributed by atoms with Gasteiger partial charge in [-0.05, 0) is 54.5 Å². The first-order valence-electron chi connectivity index (χ1n) is 11.0. The molecule has 3 aromatic rings. The molecule has 6 heteroatoms. The van der Waals surface area contributed by atoms with E-state index in [0.29, 0.717) is 18.9 Å². The number of benzene rings is 2. The molecule has 0 radical (unpaired) electrons. The van der Waals surface area contributed by atoms with Crippen molar-refractivity contribution < 1.29 is 14.7 Å². The van der Waals surface area contributed by atoms with Crippen LogP contribution in [0.2, 0.25) is 0 Å². The summed E-state index contributed by atoms with van der Waals surface area (Å²) in [5.41, 5.74) is 7.03. The average molecular weight is 434 g/mol. The number of fused-ring (bicyclic) bond motifs is 1. The van der Waals surface area contributed by atoms with Gasteiger partial charge in [-0.1, -0.05) is 49.7 Å². The summed E-state index contributed by atoms with van der Waals surface area (Å²) in [7, 11) is 0. The Balaban J connectivity index is 2.22. The van der Waals surface area contributed by atoms with Gasteiger partial charge in [0.05, 0.1) is 5.52 Å². The largest absolute Gasteiger partial charge is 0.465 e. The van der Waals surface area contributed by atoms with Crippen LogP contribution in [-0.4, -0.2) is 28.6 Å². The van der Waals surface area contributed by atoms with E-state index >= 15 is 0 Å². The number of aryl methyl sites for hydroxylation is 1. The van der Waals surface area contributed by atoms with Gasteiger partial charge in [0.25, 0.3) is 0 Å². The molecule has 0 saturated heterocycles. The molecule has 168 valence electrons. The third kappa shape index (κ3) is 5.84. The Hall–Kier alpha value is -3.41. The van der Waals surface area contributed by atoms with Crippen LogP contribution in [0.25, 0.3) is 22.0 Å².